The summed E-state index contributed by atoms with van der Waals surface area (Å²) in [6.07, 6.45) is 0. The molecule has 0 fully saturated rings. The van der Waals surface area contributed by atoms with Gasteiger partial charge in [-0.1, -0.05) is 12.1 Å². The molecule has 2 aromatic rings. The largest absolute Gasteiger partial charge is 0.505 e. The topological polar surface area (TPSA) is 41.5 Å². The van der Waals surface area contributed by atoms with Crippen molar-refractivity contribution in [1.29, 1.82) is 0 Å². The first-order valence-corrected chi connectivity index (χ1v) is 5.96. The summed E-state index contributed by atoms with van der Waals surface area (Å²) in [5.41, 5.74) is 2.42. The summed E-state index contributed by atoms with van der Waals surface area (Å²) in [5, 5.41) is 12.7. The van der Waals surface area contributed by atoms with Gasteiger partial charge < -0.3 is 15.2 Å². The number of rotatable bonds is 4. The van der Waals surface area contributed by atoms with Gasteiger partial charge in [0.2, 0.25) is 0 Å². The van der Waals surface area contributed by atoms with Crippen LogP contribution in [0.4, 0.5) is 10.1 Å². The van der Waals surface area contributed by atoms with Crippen LogP contribution in [0.5, 0.6) is 11.5 Å². The minimum absolute atomic E-state index is 0.305. The zero-order valence-corrected chi connectivity index (χ0v) is 10.9. The van der Waals surface area contributed by atoms with Gasteiger partial charge in [-0.2, -0.15) is 0 Å². The van der Waals surface area contributed by atoms with Gasteiger partial charge in [0, 0.05) is 17.8 Å². The minimum atomic E-state index is -0.606. The highest BCUT2D eigenvalue weighted by Gasteiger charge is 2.06. The molecule has 0 atom stereocenters. The van der Waals surface area contributed by atoms with Gasteiger partial charge in [-0.3, -0.25) is 0 Å². The number of hydrogen-bond donors (Lipinski definition) is 2. The van der Waals surface area contributed by atoms with E-state index in [9.17, 15) is 9.50 Å². The monoisotopic (exact) mass is 261 g/mol. The summed E-state index contributed by atoms with van der Waals surface area (Å²) >= 11 is 0. The first kappa shape index (κ1) is 13.2. The van der Waals surface area contributed by atoms with Crippen molar-refractivity contribution in [3.63, 3.8) is 0 Å². The van der Waals surface area contributed by atoms with Gasteiger partial charge in [0.15, 0.2) is 11.6 Å². The Hall–Kier alpha value is -2.23. The molecule has 2 aromatic carbocycles. The number of anilines is 1. The van der Waals surface area contributed by atoms with Crippen molar-refractivity contribution in [2.75, 3.05) is 12.4 Å². The number of phenolic OH excluding ortho intramolecular Hbond substituents is 1. The van der Waals surface area contributed by atoms with Crippen LogP contribution in [-0.2, 0) is 6.54 Å². The highest BCUT2D eigenvalue weighted by molar-refractivity contribution is 5.51. The molecule has 0 heterocycles. The number of benzene rings is 2. The van der Waals surface area contributed by atoms with Crippen molar-refractivity contribution >= 4 is 5.69 Å². The van der Waals surface area contributed by atoms with Crippen molar-refractivity contribution in [3.05, 3.63) is 53.3 Å². The van der Waals surface area contributed by atoms with Crippen LogP contribution in [0.2, 0.25) is 0 Å². The Kier molecular flexibility index (Phi) is 3.90. The first-order valence-electron chi connectivity index (χ1n) is 5.96. The lowest BCUT2D eigenvalue weighted by atomic mass is 10.1. The third-order valence-corrected chi connectivity index (χ3v) is 2.95. The Labute approximate surface area is 111 Å². The quantitative estimate of drug-likeness (QED) is 0.885. The zero-order chi connectivity index (χ0) is 13.8. The summed E-state index contributed by atoms with van der Waals surface area (Å²) in [4.78, 5) is 0. The van der Waals surface area contributed by atoms with E-state index >= 15 is 0 Å². The molecule has 2 rings (SSSR count). The molecule has 0 spiro atoms. The molecule has 0 saturated heterocycles. The smallest absolute Gasteiger partial charge is 0.165 e. The summed E-state index contributed by atoms with van der Waals surface area (Å²) in [5.74, 6) is -0.0930. The Bertz CT molecular complexity index is 584. The van der Waals surface area contributed by atoms with E-state index in [-0.39, 0.29) is 5.75 Å². The normalized spacial score (nSPS) is 10.3. The molecule has 100 valence electrons. The van der Waals surface area contributed by atoms with E-state index in [1.54, 1.807) is 19.2 Å². The molecule has 0 saturated carbocycles. The van der Waals surface area contributed by atoms with Crippen LogP contribution >= 0.6 is 0 Å². The molecule has 0 bridgehead atoms. The number of aryl methyl sites for hydroxylation is 1. The molecule has 0 aliphatic heterocycles. The molecule has 0 aliphatic rings. The lowest BCUT2D eigenvalue weighted by Crippen LogP contribution is -2.01. The van der Waals surface area contributed by atoms with Crippen LogP contribution in [0.15, 0.2) is 36.4 Å². The van der Waals surface area contributed by atoms with E-state index in [1.807, 2.05) is 25.1 Å². The summed E-state index contributed by atoms with van der Waals surface area (Å²) in [7, 11) is 1.63. The van der Waals surface area contributed by atoms with Gasteiger partial charge in [0.05, 0.1) is 7.11 Å². The number of aromatic hydroxyl groups is 1. The third-order valence-electron chi connectivity index (χ3n) is 2.95. The average Bonchev–Trinajstić information content (AvgIpc) is 2.40. The van der Waals surface area contributed by atoms with Gasteiger partial charge in [0.25, 0.3) is 0 Å². The van der Waals surface area contributed by atoms with E-state index in [0.29, 0.717) is 12.1 Å². The van der Waals surface area contributed by atoms with Crippen molar-refractivity contribution in [2.45, 2.75) is 13.5 Å². The van der Waals surface area contributed by atoms with Gasteiger partial charge >= 0.3 is 0 Å². The van der Waals surface area contributed by atoms with Gasteiger partial charge in [0.1, 0.15) is 5.75 Å². The van der Waals surface area contributed by atoms with Crippen molar-refractivity contribution in [2.24, 2.45) is 0 Å². The molecule has 0 unspecified atom stereocenters. The molecule has 0 aromatic heterocycles. The Morgan fingerprint density at radius 3 is 2.74 bits per heavy atom. The van der Waals surface area contributed by atoms with Gasteiger partial charge in [-0.25, -0.2) is 4.39 Å². The highest BCUT2D eigenvalue weighted by atomic mass is 19.1. The van der Waals surface area contributed by atoms with Crippen LogP contribution in [0.1, 0.15) is 11.1 Å². The number of para-hydroxylation sites is 1. The minimum Gasteiger partial charge on any atom is -0.505 e. The molecule has 0 aliphatic carbocycles. The van der Waals surface area contributed by atoms with Crippen LogP contribution < -0.4 is 10.1 Å². The van der Waals surface area contributed by atoms with Crippen molar-refractivity contribution < 1.29 is 14.2 Å². The Morgan fingerprint density at radius 2 is 2.05 bits per heavy atom. The number of methoxy groups -OCH3 is 1. The van der Waals surface area contributed by atoms with Crippen LogP contribution in [0, 0.1) is 12.7 Å². The zero-order valence-electron chi connectivity index (χ0n) is 10.9. The Morgan fingerprint density at radius 1 is 1.26 bits per heavy atom. The number of ether oxygens (including phenoxy) is 1. The van der Waals surface area contributed by atoms with E-state index < -0.39 is 5.82 Å². The number of phenols is 1. The maximum atomic E-state index is 13.2. The SMILES string of the molecule is COc1ccc(NCc2cccc(F)c2O)cc1C. The lowest BCUT2D eigenvalue weighted by Gasteiger charge is -2.11. The molecule has 3 nitrogen and oxygen atoms in total. The second kappa shape index (κ2) is 5.61. The lowest BCUT2D eigenvalue weighted by molar-refractivity contribution is 0.412. The second-order valence-corrected chi connectivity index (χ2v) is 4.29. The van der Waals surface area contributed by atoms with Gasteiger partial charge in [-0.15, -0.1) is 0 Å². The molecule has 4 heteroatoms. The summed E-state index contributed by atoms with van der Waals surface area (Å²) in [6, 6.07) is 10.2. The van der Waals surface area contributed by atoms with Crippen LogP contribution in [-0.4, -0.2) is 12.2 Å². The average molecular weight is 261 g/mol. The molecular weight excluding hydrogens is 245 g/mol. The number of hydrogen-bond acceptors (Lipinski definition) is 3. The summed E-state index contributed by atoms with van der Waals surface area (Å²) < 4.78 is 18.4. The fourth-order valence-corrected chi connectivity index (χ4v) is 1.89. The maximum absolute atomic E-state index is 13.2. The van der Waals surface area contributed by atoms with E-state index in [2.05, 4.69) is 5.32 Å². The molecule has 0 amide bonds. The molecule has 19 heavy (non-hydrogen) atoms. The molecule has 2 N–H and O–H groups in total. The van der Waals surface area contributed by atoms with Crippen molar-refractivity contribution in [3.8, 4) is 11.5 Å². The summed E-state index contributed by atoms with van der Waals surface area (Å²) in [6.45, 7) is 2.30. The molecular formula is C15H16FNO2. The fraction of sp³-hybridized carbons (Fsp3) is 0.200. The van der Waals surface area contributed by atoms with E-state index in [0.717, 1.165) is 17.0 Å². The number of halogens is 1. The van der Waals surface area contributed by atoms with Crippen LogP contribution in [0.25, 0.3) is 0 Å². The molecule has 0 radical (unpaired) electrons. The van der Waals surface area contributed by atoms with Gasteiger partial charge in [-0.05, 0) is 36.8 Å². The fourth-order valence-electron chi connectivity index (χ4n) is 1.89. The van der Waals surface area contributed by atoms with Crippen molar-refractivity contribution in [1.82, 2.24) is 0 Å². The predicted octanol–water partition coefficient (Wildman–Crippen LogP) is 3.46. The maximum Gasteiger partial charge on any atom is 0.165 e. The van der Waals surface area contributed by atoms with E-state index in [4.69, 9.17) is 4.74 Å². The third kappa shape index (κ3) is 2.96. The predicted molar refractivity (Wildman–Crippen MR) is 73.1 cm³/mol. The first-order chi connectivity index (χ1) is 9.11. The second-order valence-electron chi connectivity index (χ2n) is 4.29. The highest BCUT2D eigenvalue weighted by Crippen LogP contribution is 2.24. The number of nitrogens with one attached hydrogen (secondary N) is 1. The van der Waals surface area contributed by atoms with E-state index in [1.165, 1.54) is 6.07 Å². The van der Waals surface area contributed by atoms with Crippen LogP contribution in [0.3, 0.4) is 0 Å². The Balaban J connectivity index is 2.10. The standard InChI is InChI=1S/C15H16FNO2/c1-10-8-12(6-7-14(10)19-2)17-9-11-4-3-5-13(16)15(11)18/h3-8,17-18H,9H2,1-2H3.